The van der Waals surface area contributed by atoms with Crippen molar-refractivity contribution in [3.05, 3.63) is 64.2 Å². The highest BCUT2D eigenvalue weighted by atomic mass is 35.5. The Hall–Kier alpha value is -1.89. The molecule has 0 bridgehead atoms. The number of carbonyl (C=O) groups excluding carboxylic acids is 1. The van der Waals surface area contributed by atoms with Crippen LogP contribution in [-0.4, -0.2) is 31.7 Å². The maximum atomic E-state index is 13.0. The van der Waals surface area contributed by atoms with Crippen molar-refractivity contribution in [1.29, 1.82) is 0 Å². The summed E-state index contributed by atoms with van der Waals surface area (Å²) in [7, 11) is -3.53. The van der Waals surface area contributed by atoms with Crippen LogP contribution >= 0.6 is 11.6 Å². The molecule has 1 N–H and O–H groups in total. The molecule has 0 unspecified atom stereocenters. The second kappa shape index (κ2) is 9.50. The van der Waals surface area contributed by atoms with E-state index in [2.05, 4.69) is 19.2 Å². The zero-order chi connectivity index (χ0) is 21.9. The molecule has 0 aromatic heterocycles. The highest BCUT2D eigenvalue weighted by molar-refractivity contribution is 7.88. The predicted octanol–water partition coefficient (Wildman–Crippen LogP) is 4.95. The molecule has 2 aromatic rings. The minimum absolute atomic E-state index is 0.114. The van der Waals surface area contributed by atoms with Crippen LogP contribution in [0.1, 0.15) is 49.3 Å². The first kappa shape index (κ1) is 22.8. The summed E-state index contributed by atoms with van der Waals surface area (Å²) in [6, 6.07) is 12.9. The molecule has 2 aromatic carbocycles. The average Bonchev–Trinajstić information content (AvgIpc) is 2.69. The molecule has 1 aliphatic rings. The van der Waals surface area contributed by atoms with E-state index < -0.39 is 10.0 Å². The Morgan fingerprint density at radius 3 is 2.67 bits per heavy atom. The molecular weight excluding hydrogens is 420 g/mol. The highest BCUT2D eigenvalue weighted by Gasteiger charge is 2.32. The van der Waals surface area contributed by atoms with Crippen molar-refractivity contribution in [3.63, 3.8) is 0 Å². The Kier molecular flexibility index (Phi) is 7.22. The number of halogens is 1. The Morgan fingerprint density at radius 2 is 1.97 bits per heavy atom. The fraction of sp³-hybridized carbons (Fsp3) is 0.435. The molecule has 7 heteroatoms. The lowest BCUT2D eigenvalue weighted by Crippen LogP contribution is -2.44. The van der Waals surface area contributed by atoms with Crippen molar-refractivity contribution in [2.75, 3.05) is 18.4 Å². The smallest absolute Gasteiger partial charge is 0.228 e. The summed E-state index contributed by atoms with van der Waals surface area (Å²) >= 11 is 5.99. The van der Waals surface area contributed by atoms with Crippen molar-refractivity contribution < 1.29 is 13.2 Å². The van der Waals surface area contributed by atoms with E-state index in [4.69, 9.17) is 11.6 Å². The number of benzene rings is 2. The third-order valence-electron chi connectivity index (χ3n) is 5.56. The SMILES string of the molecule is Cc1cccc(C(C)C)c1NC(=O)[C@@H]1CCCN(S(=O)(=O)Cc2cccc(Cl)c2)C1. The molecule has 0 aliphatic carbocycles. The van der Waals surface area contributed by atoms with Crippen LogP contribution in [0.3, 0.4) is 0 Å². The lowest BCUT2D eigenvalue weighted by atomic mass is 9.95. The van der Waals surface area contributed by atoms with Gasteiger partial charge < -0.3 is 5.32 Å². The zero-order valence-electron chi connectivity index (χ0n) is 17.7. The van der Waals surface area contributed by atoms with Crippen LogP contribution in [0.5, 0.6) is 0 Å². The number of piperidine rings is 1. The summed E-state index contributed by atoms with van der Waals surface area (Å²) in [5.74, 6) is -0.320. The van der Waals surface area contributed by atoms with Gasteiger partial charge in [-0.25, -0.2) is 12.7 Å². The maximum Gasteiger partial charge on any atom is 0.228 e. The molecule has 3 rings (SSSR count). The van der Waals surface area contributed by atoms with Gasteiger partial charge in [0, 0.05) is 23.8 Å². The normalized spacial score (nSPS) is 17.8. The first-order valence-corrected chi connectivity index (χ1v) is 12.3. The lowest BCUT2D eigenvalue weighted by Gasteiger charge is -2.31. The summed E-state index contributed by atoms with van der Waals surface area (Å²) in [5, 5.41) is 3.59. The number of hydrogen-bond acceptors (Lipinski definition) is 3. The summed E-state index contributed by atoms with van der Waals surface area (Å²) in [4.78, 5) is 13.0. The van der Waals surface area contributed by atoms with E-state index in [1.807, 2.05) is 25.1 Å². The highest BCUT2D eigenvalue weighted by Crippen LogP contribution is 2.29. The van der Waals surface area contributed by atoms with Gasteiger partial charge in [-0.3, -0.25) is 4.79 Å². The second-order valence-electron chi connectivity index (χ2n) is 8.27. The molecule has 5 nitrogen and oxygen atoms in total. The van der Waals surface area contributed by atoms with E-state index in [0.29, 0.717) is 30.0 Å². The van der Waals surface area contributed by atoms with Crippen LogP contribution in [0, 0.1) is 12.8 Å². The van der Waals surface area contributed by atoms with Crippen molar-refractivity contribution in [2.24, 2.45) is 5.92 Å². The van der Waals surface area contributed by atoms with E-state index >= 15 is 0 Å². The van der Waals surface area contributed by atoms with Crippen LogP contribution in [0.2, 0.25) is 5.02 Å². The molecule has 1 heterocycles. The van der Waals surface area contributed by atoms with Crippen LogP contribution < -0.4 is 5.32 Å². The first-order chi connectivity index (χ1) is 14.2. The molecule has 1 fully saturated rings. The molecule has 1 atom stereocenters. The van der Waals surface area contributed by atoms with Gasteiger partial charge in [0.05, 0.1) is 11.7 Å². The minimum Gasteiger partial charge on any atom is -0.325 e. The summed E-state index contributed by atoms with van der Waals surface area (Å²) in [5.41, 5.74) is 3.59. The fourth-order valence-corrected chi connectivity index (χ4v) is 5.72. The number of amides is 1. The standard InChI is InChI=1S/C23H29ClN2O3S/c1-16(2)21-11-4-7-17(3)22(21)25-23(27)19-9-6-12-26(14-19)30(28,29)15-18-8-5-10-20(24)13-18/h4-5,7-8,10-11,13,16,19H,6,9,12,14-15H2,1-3H3,(H,25,27)/t19-/m1/s1. The Morgan fingerprint density at radius 1 is 1.23 bits per heavy atom. The summed E-state index contributed by atoms with van der Waals surface area (Å²) in [6.45, 7) is 6.81. The number of hydrogen-bond donors (Lipinski definition) is 1. The van der Waals surface area contributed by atoms with Gasteiger partial charge in [0.25, 0.3) is 0 Å². The Labute approximate surface area is 184 Å². The summed E-state index contributed by atoms with van der Waals surface area (Å²) < 4.78 is 27.3. The van der Waals surface area contributed by atoms with E-state index in [-0.39, 0.29) is 30.0 Å². The van der Waals surface area contributed by atoms with Gasteiger partial charge in [-0.05, 0) is 54.5 Å². The van der Waals surface area contributed by atoms with Gasteiger partial charge in [0.1, 0.15) is 0 Å². The summed E-state index contributed by atoms with van der Waals surface area (Å²) in [6.07, 6.45) is 1.34. The Balaban J connectivity index is 1.72. The lowest BCUT2D eigenvalue weighted by molar-refractivity contribution is -0.120. The van der Waals surface area contributed by atoms with Crippen molar-refractivity contribution in [2.45, 2.75) is 45.3 Å². The van der Waals surface area contributed by atoms with E-state index in [0.717, 1.165) is 16.8 Å². The van der Waals surface area contributed by atoms with Gasteiger partial charge in [-0.2, -0.15) is 0 Å². The van der Waals surface area contributed by atoms with Crippen LogP contribution in [0.25, 0.3) is 0 Å². The molecule has 0 saturated carbocycles. The minimum atomic E-state index is -3.53. The average molecular weight is 449 g/mol. The quantitative estimate of drug-likeness (QED) is 0.679. The number of nitrogens with one attached hydrogen (secondary N) is 1. The monoisotopic (exact) mass is 448 g/mol. The van der Waals surface area contributed by atoms with Crippen molar-refractivity contribution in [1.82, 2.24) is 4.31 Å². The molecule has 162 valence electrons. The molecule has 1 aliphatic heterocycles. The predicted molar refractivity (Wildman–Crippen MR) is 122 cm³/mol. The topological polar surface area (TPSA) is 66.5 Å². The second-order valence-corrected chi connectivity index (χ2v) is 10.7. The van der Waals surface area contributed by atoms with Gasteiger partial charge in [0.15, 0.2) is 0 Å². The van der Waals surface area contributed by atoms with Crippen molar-refractivity contribution >= 4 is 33.2 Å². The fourth-order valence-electron chi connectivity index (χ4n) is 3.91. The third-order valence-corrected chi connectivity index (χ3v) is 7.61. The molecule has 30 heavy (non-hydrogen) atoms. The number of sulfonamides is 1. The number of aryl methyl sites for hydroxylation is 1. The molecule has 0 spiro atoms. The third kappa shape index (κ3) is 5.42. The number of anilines is 1. The molecule has 1 saturated heterocycles. The maximum absolute atomic E-state index is 13.0. The first-order valence-electron chi connectivity index (χ1n) is 10.3. The van der Waals surface area contributed by atoms with E-state index in [1.165, 1.54) is 4.31 Å². The van der Waals surface area contributed by atoms with Gasteiger partial charge >= 0.3 is 0 Å². The molecule has 1 amide bonds. The molecular formula is C23H29ClN2O3S. The number of para-hydroxylation sites is 1. The van der Waals surface area contributed by atoms with E-state index in [9.17, 15) is 13.2 Å². The molecule has 0 radical (unpaired) electrons. The number of nitrogens with zero attached hydrogens (tertiary/aromatic N) is 1. The van der Waals surface area contributed by atoms with Crippen LogP contribution in [-0.2, 0) is 20.6 Å². The van der Waals surface area contributed by atoms with Crippen molar-refractivity contribution in [3.8, 4) is 0 Å². The number of carbonyl (C=O) groups is 1. The van der Waals surface area contributed by atoms with E-state index in [1.54, 1.807) is 24.3 Å². The van der Waals surface area contributed by atoms with Gasteiger partial charge in [-0.1, -0.05) is 55.8 Å². The number of rotatable bonds is 6. The zero-order valence-corrected chi connectivity index (χ0v) is 19.3. The van der Waals surface area contributed by atoms with Gasteiger partial charge in [0.2, 0.25) is 15.9 Å². The van der Waals surface area contributed by atoms with Crippen LogP contribution in [0.4, 0.5) is 5.69 Å². The van der Waals surface area contributed by atoms with Gasteiger partial charge in [-0.15, -0.1) is 0 Å². The largest absolute Gasteiger partial charge is 0.325 e. The van der Waals surface area contributed by atoms with Crippen LogP contribution in [0.15, 0.2) is 42.5 Å². The Bertz CT molecular complexity index is 1020.